The van der Waals surface area contributed by atoms with Gasteiger partial charge in [-0.25, -0.2) is 0 Å². The third-order valence-corrected chi connectivity index (χ3v) is 3.86. The smallest absolute Gasteiger partial charge is 0.225 e. The molecule has 106 valence electrons. The summed E-state index contributed by atoms with van der Waals surface area (Å²) in [6.45, 7) is 10.3. The molecule has 1 saturated heterocycles. The van der Waals surface area contributed by atoms with E-state index < -0.39 is 0 Å². The van der Waals surface area contributed by atoms with Crippen LogP contribution >= 0.6 is 0 Å². The van der Waals surface area contributed by atoms with E-state index in [0.717, 1.165) is 39.1 Å². The lowest BCUT2D eigenvalue weighted by Crippen LogP contribution is -2.47. The monoisotopic (exact) mass is 256 g/mol. The SMILES string of the molecule is CCOCCCNC(=O)C(C)(C)C1CCCNC1. The zero-order valence-corrected chi connectivity index (χ0v) is 12.1. The van der Waals surface area contributed by atoms with E-state index in [-0.39, 0.29) is 11.3 Å². The van der Waals surface area contributed by atoms with Crippen molar-refractivity contribution in [1.29, 1.82) is 0 Å². The first-order chi connectivity index (χ1) is 8.59. The molecule has 1 atom stereocenters. The largest absolute Gasteiger partial charge is 0.382 e. The van der Waals surface area contributed by atoms with Crippen LogP contribution < -0.4 is 10.6 Å². The highest BCUT2D eigenvalue weighted by Gasteiger charge is 2.36. The van der Waals surface area contributed by atoms with Gasteiger partial charge in [-0.3, -0.25) is 4.79 Å². The van der Waals surface area contributed by atoms with E-state index in [9.17, 15) is 4.79 Å². The number of nitrogens with one attached hydrogen (secondary N) is 2. The molecule has 0 radical (unpaired) electrons. The van der Waals surface area contributed by atoms with Crippen molar-refractivity contribution in [1.82, 2.24) is 10.6 Å². The number of carbonyl (C=O) groups is 1. The van der Waals surface area contributed by atoms with Gasteiger partial charge in [-0.05, 0) is 45.2 Å². The minimum atomic E-state index is -0.279. The van der Waals surface area contributed by atoms with Crippen LogP contribution in [-0.2, 0) is 9.53 Å². The van der Waals surface area contributed by atoms with Gasteiger partial charge in [0, 0.05) is 25.2 Å². The Kier molecular flexibility index (Phi) is 6.65. The van der Waals surface area contributed by atoms with Crippen molar-refractivity contribution in [2.45, 2.75) is 40.0 Å². The van der Waals surface area contributed by atoms with Crippen molar-refractivity contribution < 1.29 is 9.53 Å². The summed E-state index contributed by atoms with van der Waals surface area (Å²) in [5.74, 6) is 0.617. The molecule has 1 aliphatic rings. The van der Waals surface area contributed by atoms with Crippen LogP contribution in [0.2, 0.25) is 0 Å². The number of carbonyl (C=O) groups excluding carboxylic acids is 1. The Balaban J connectivity index is 2.29. The fourth-order valence-corrected chi connectivity index (χ4v) is 2.40. The first-order valence-electron chi connectivity index (χ1n) is 7.15. The van der Waals surface area contributed by atoms with E-state index in [1.165, 1.54) is 6.42 Å². The van der Waals surface area contributed by atoms with Crippen LogP contribution in [0.4, 0.5) is 0 Å². The van der Waals surface area contributed by atoms with Gasteiger partial charge in [0.1, 0.15) is 0 Å². The van der Waals surface area contributed by atoms with Crippen LogP contribution in [0, 0.1) is 11.3 Å². The maximum absolute atomic E-state index is 12.2. The predicted molar refractivity (Wildman–Crippen MR) is 73.5 cm³/mol. The number of amides is 1. The Bertz CT molecular complexity index is 248. The zero-order chi connectivity index (χ0) is 13.4. The number of ether oxygens (including phenoxy) is 1. The molecule has 4 heteroatoms. The molecule has 0 spiro atoms. The van der Waals surface area contributed by atoms with Gasteiger partial charge in [0.2, 0.25) is 5.91 Å². The average molecular weight is 256 g/mol. The number of piperidine rings is 1. The highest BCUT2D eigenvalue weighted by atomic mass is 16.5. The Morgan fingerprint density at radius 1 is 1.50 bits per heavy atom. The molecular formula is C14H28N2O2. The number of hydrogen-bond donors (Lipinski definition) is 2. The summed E-state index contributed by atoms with van der Waals surface area (Å²) in [5.41, 5.74) is -0.279. The van der Waals surface area contributed by atoms with E-state index in [2.05, 4.69) is 24.5 Å². The van der Waals surface area contributed by atoms with Gasteiger partial charge in [-0.2, -0.15) is 0 Å². The quantitative estimate of drug-likeness (QED) is 0.680. The molecule has 0 aliphatic carbocycles. The minimum Gasteiger partial charge on any atom is -0.382 e. The molecule has 1 heterocycles. The number of rotatable bonds is 7. The summed E-state index contributed by atoms with van der Waals surface area (Å²) in [6.07, 6.45) is 3.21. The molecule has 1 fully saturated rings. The van der Waals surface area contributed by atoms with E-state index in [1.54, 1.807) is 0 Å². The molecule has 1 aliphatic heterocycles. The molecule has 0 aromatic rings. The Morgan fingerprint density at radius 2 is 2.28 bits per heavy atom. The Labute approximate surface area is 111 Å². The lowest BCUT2D eigenvalue weighted by Gasteiger charge is -2.36. The molecule has 0 saturated carbocycles. The van der Waals surface area contributed by atoms with E-state index >= 15 is 0 Å². The molecule has 0 aromatic heterocycles. The second kappa shape index (κ2) is 7.74. The van der Waals surface area contributed by atoms with Crippen molar-refractivity contribution in [2.75, 3.05) is 32.8 Å². The first-order valence-corrected chi connectivity index (χ1v) is 7.15. The third kappa shape index (κ3) is 4.58. The lowest BCUT2D eigenvalue weighted by atomic mass is 9.74. The lowest BCUT2D eigenvalue weighted by molar-refractivity contribution is -0.132. The molecule has 0 aromatic carbocycles. The molecule has 1 unspecified atom stereocenters. The summed E-state index contributed by atoms with van der Waals surface area (Å²) in [7, 11) is 0. The molecule has 0 bridgehead atoms. The van der Waals surface area contributed by atoms with Gasteiger partial charge in [0.25, 0.3) is 0 Å². The molecule has 1 rings (SSSR count). The molecular weight excluding hydrogens is 228 g/mol. The number of hydrogen-bond acceptors (Lipinski definition) is 3. The van der Waals surface area contributed by atoms with Gasteiger partial charge < -0.3 is 15.4 Å². The minimum absolute atomic E-state index is 0.174. The van der Waals surface area contributed by atoms with Gasteiger partial charge in [-0.1, -0.05) is 13.8 Å². The summed E-state index contributed by atoms with van der Waals surface area (Å²) >= 11 is 0. The van der Waals surface area contributed by atoms with Crippen molar-refractivity contribution in [3.63, 3.8) is 0 Å². The summed E-state index contributed by atoms with van der Waals surface area (Å²) in [6, 6.07) is 0. The molecule has 4 nitrogen and oxygen atoms in total. The summed E-state index contributed by atoms with van der Waals surface area (Å²) in [5, 5.41) is 6.41. The van der Waals surface area contributed by atoms with Crippen LogP contribution in [0.25, 0.3) is 0 Å². The van der Waals surface area contributed by atoms with Crippen molar-refractivity contribution >= 4 is 5.91 Å². The van der Waals surface area contributed by atoms with Gasteiger partial charge in [0.15, 0.2) is 0 Å². The fraction of sp³-hybridized carbons (Fsp3) is 0.929. The Morgan fingerprint density at radius 3 is 2.89 bits per heavy atom. The van der Waals surface area contributed by atoms with E-state index in [1.807, 2.05) is 6.92 Å². The van der Waals surface area contributed by atoms with Crippen LogP contribution in [0.1, 0.15) is 40.0 Å². The topological polar surface area (TPSA) is 50.4 Å². The maximum atomic E-state index is 12.2. The van der Waals surface area contributed by atoms with Crippen molar-refractivity contribution in [2.24, 2.45) is 11.3 Å². The molecule has 18 heavy (non-hydrogen) atoms. The van der Waals surface area contributed by atoms with Crippen molar-refractivity contribution in [3.8, 4) is 0 Å². The molecule has 1 amide bonds. The second-order valence-electron chi connectivity index (χ2n) is 5.57. The maximum Gasteiger partial charge on any atom is 0.225 e. The summed E-state index contributed by atoms with van der Waals surface area (Å²) in [4.78, 5) is 12.2. The predicted octanol–water partition coefficient (Wildman–Crippen LogP) is 1.56. The highest BCUT2D eigenvalue weighted by molar-refractivity contribution is 5.82. The normalized spacial score (nSPS) is 20.7. The van der Waals surface area contributed by atoms with Crippen LogP contribution in [0.5, 0.6) is 0 Å². The summed E-state index contributed by atoms with van der Waals surface area (Å²) < 4.78 is 5.26. The van der Waals surface area contributed by atoms with Gasteiger partial charge in [-0.15, -0.1) is 0 Å². The standard InChI is InChI=1S/C14H28N2O2/c1-4-18-10-6-9-16-13(17)14(2,3)12-7-5-8-15-11-12/h12,15H,4-11H2,1-3H3,(H,16,17). The zero-order valence-electron chi connectivity index (χ0n) is 12.1. The van der Waals surface area contributed by atoms with Gasteiger partial charge in [0.05, 0.1) is 0 Å². The fourth-order valence-electron chi connectivity index (χ4n) is 2.40. The highest BCUT2D eigenvalue weighted by Crippen LogP contribution is 2.31. The Hall–Kier alpha value is -0.610. The third-order valence-electron chi connectivity index (χ3n) is 3.86. The average Bonchev–Trinajstić information content (AvgIpc) is 2.39. The van der Waals surface area contributed by atoms with E-state index in [0.29, 0.717) is 12.5 Å². The van der Waals surface area contributed by atoms with Gasteiger partial charge >= 0.3 is 0 Å². The van der Waals surface area contributed by atoms with E-state index in [4.69, 9.17) is 4.74 Å². The second-order valence-corrected chi connectivity index (χ2v) is 5.57. The van der Waals surface area contributed by atoms with Crippen LogP contribution in [0.3, 0.4) is 0 Å². The van der Waals surface area contributed by atoms with Crippen LogP contribution in [-0.4, -0.2) is 38.8 Å². The van der Waals surface area contributed by atoms with Crippen LogP contribution in [0.15, 0.2) is 0 Å². The molecule has 2 N–H and O–H groups in total. The first kappa shape index (κ1) is 15.4. The van der Waals surface area contributed by atoms with Crippen molar-refractivity contribution in [3.05, 3.63) is 0 Å².